The Bertz CT molecular complexity index is 517. The standard InChI is InChI=1S/C15H21Cl2N3O2/c1-22-11-8-15(9-11)3-4-20(10(7-15)2-5-21)13-6-12(16)18-14(17)19-13/h6,10-11,21H,2-5,7-9H2,1H3. The quantitative estimate of drug-likeness (QED) is 0.671. The van der Waals surface area contributed by atoms with Gasteiger partial charge in [0.05, 0.1) is 6.10 Å². The number of halogens is 2. The van der Waals surface area contributed by atoms with Crippen LogP contribution in [0.25, 0.3) is 0 Å². The lowest BCUT2D eigenvalue weighted by Gasteiger charge is -2.54. The lowest BCUT2D eigenvalue weighted by molar-refractivity contribution is -0.0777. The Balaban J connectivity index is 1.77. The second-order valence-corrected chi connectivity index (χ2v) is 7.12. The Kier molecular flexibility index (Phi) is 4.78. The van der Waals surface area contributed by atoms with Crippen molar-refractivity contribution in [2.45, 2.75) is 44.2 Å². The third-order valence-electron chi connectivity index (χ3n) is 5.06. The van der Waals surface area contributed by atoms with E-state index in [1.807, 2.05) is 0 Å². The first-order chi connectivity index (χ1) is 10.5. The van der Waals surface area contributed by atoms with E-state index in [1.54, 1.807) is 13.2 Å². The van der Waals surface area contributed by atoms with E-state index in [4.69, 9.17) is 27.9 Å². The average molecular weight is 346 g/mol. The van der Waals surface area contributed by atoms with Gasteiger partial charge in [0, 0.05) is 32.4 Å². The van der Waals surface area contributed by atoms with Crippen LogP contribution in [0.4, 0.5) is 5.82 Å². The molecule has 1 atom stereocenters. The molecular weight excluding hydrogens is 325 g/mol. The predicted molar refractivity (Wildman–Crippen MR) is 86.6 cm³/mol. The fourth-order valence-corrected chi connectivity index (χ4v) is 4.33. The monoisotopic (exact) mass is 345 g/mol. The van der Waals surface area contributed by atoms with E-state index in [-0.39, 0.29) is 17.9 Å². The number of hydrogen-bond donors (Lipinski definition) is 1. The lowest BCUT2D eigenvalue weighted by Crippen LogP contribution is -2.54. The Morgan fingerprint density at radius 2 is 2.14 bits per heavy atom. The second kappa shape index (κ2) is 6.48. The summed E-state index contributed by atoms with van der Waals surface area (Å²) >= 11 is 11.9. The molecule has 22 heavy (non-hydrogen) atoms. The average Bonchev–Trinajstić information content (AvgIpc) is 2.43. The number of aliphatic hydroxyl groups is 1. The van der Waals surface area contributed by atoms with Crippen molar-refractivity contribution in [3.8, 4) is 0 Å². The van der Waals surface area contributed by atoms with Crippen LogP contribution < -0.4 is 4.90 Å². The van der Waals surface area contributed by atoms with Crippen molar-refractivity contribution >= 4 is 29.0 Å². The van der Waals surface area contributed by atoms with Crippen LogP contribution in [0.1, 0.15) is 32.1 Å². The number of methoxy groups -OCH3 is 1. The normalized spacial score (nSPS) is 31.4. The zero-order valence-electron chi connectivity index (χ0n) is 12.6. The number of anilines is 1. The molecule has 1 aliphatic heterocycles. The lowest BCUT2D eigenvalue weighted by atomic mass is 9.59. The van der Waals surface area contributed by atoms with Crippen LogP contribution in [0, 0.1) is 5.41 Å². The van der Waals surface area contributed by atoms with Gasteiger partial charge in [-0.2, -0.15) is 0 Å². The molecule has 3 rings (SSSR count). The first kappa shape index (κ1) is 16.2. The van der Waals surface area contributed by atoms with Gasteiger partial charge in [0.15, 0.2) is 0 Å². The minimum absolute atomic E-state index is 0.161. The Labute approximate surface area is 140 Å². The predicted octanol–water partition coefficient (Wildman–Crippen LogP) is 2.93. The fraction of sp³-hybridized carbons (Fsp3) is 0.733. The smallest absolute Gasteiger partial charge is 0.225 e. The molecule has 0 radical (unpaired) electrons. The highest BCUT2D eigenvalue weighted by atomic mass is 35.5. The molecule has 0 aromatic carbocycles. The number of aliphatic hydroxyl groups excluding tert-OH is 1. The molecule has 1 N–H and O–H groups in total. The van der Waals surface area contributed by atoms with E-state index >= 15 is 0 Å². The van der Waals surface area contributed by atoms with Gasteiger partial charge in [-0.25, -0.2) is 9.97 Å². The van der Waals surface area contributed by atoms with Crippen LogP contribution in [0.3, 0.4) is 0 Å². The number of piperidine rings is 1. The highest BCUT2D eigenvalue weighted by molar-refractivity contribution is 6.32. The third kappa shape index (κ3) is 3.18. The van der Waals surface area contributed by atoms with Crippen LogP contribution in [0.5, 0.6) is 0 Å². The number of aromatic nitrogens is 2. The van der Waals surface area contributed by atoms with Crippen molar-refractivity contribution in [2.75, 3.05) is 25.2 Å². The Hall–Kier alpha value is -0.620. The van der Waals surface area contributed by atoms with E-state index < -0.39 is 0 Å². The topological polar surface area (TPSA) is 58.5 Å². The molecular formula is C15H21Cl2N3O2. The maximum atomic E-state index is 9.42. The summed E-state index contributed by atoms with van der Waals surface area (Å²) in [5, 5.41) is 9.92. The summed E-state index contributed by atoms with van der Waals surface area (Å²) in [7, 11) is 1.78. The number of hydrogen-bond acceptors (Lipinski definition) is 5. The van der Waals surface area contributed by atoms with Gasteiger partial charge in [0.2, 0.25) is 5.28 Å². The molecule has 1 unspecified atom stereocenters. The summed E-state index contributed by atoms with van der Waals surface area (Å²) in [4.78, 5) is 10.4. The summed E-state index contributed by atoms with van der Waals surface area (Å²) in [6.45, 7) is 1.06. The minimum atomic E-state index is 0.161. The van der Waals surface area contributed by atoms with Gasteiger partial charge in [-0.05, 0) is 49.1 Å². The molecule has 7 heteroatoms. The van der Waals surface area contributed by atoms with Crippen molar-refractivity contribution in [1.82, 2.24) is 9.97 Å². The van der Waals surface area contributed by atoms with Gasteiger partial charge in [0.25, 0.3) is 0 Å². The number of nitrogens with zero attached hydrogens (tertiary/aromatic N) is 3. The molecule has 2 heterocycles. The molecule has 5 nitrogen and oxygen atoms in total. The zero-order chi connectivity index (χ0) is 15.7. The van der Waals surface area contributed by atoms with Crippen molar-refractivity contribution < 1.29 is 9.84 Å². The minimum Gasteiger partial charge on any atom is -0.396 e. The molecule has 1 aromatic heterocycles. The highest BCUT2D eigenvalue weighted by Gasteiger charge is 2.48. The first-order valence-electron chi connectivity index (χ1n) is 7.66. The summed E-state index contributed by atoms with van der Waals surface area (Å²) in [5.74, 6) is 0.751. The van der Waals surface area contributed by atoms with Crippen LogP contribution >= 0.6 is 23.2 Å². The van der Waals surface area contributed by atoms with Crippen molar-refractivity contribution in [3.05, 3.63) is 16.5 Å². The SMILES string of the molecule is COC1CC2(CCN(c3cc(Cl)nc(Cl)n3)C(CCO)C2)C1. The fourth-order valence-electron chi connectivity index (χ4n) is 3.93. The molecule has 2 fully saturated rings. The molecule has 2 aliphatic rings. The maximum Gasteiger partial charge on any atom is 0.225 e. The van der Waals surface area contributed by atoms with E-state index in [2.05, 4.69) is 14.9 Å². The Morgan fingerprint density at radius 1 is 1.36 bits per heavy atom. The Morgan fingerprint density at radius 3 is 2.77 bits per heavy atom. The van der Waals surface area contributed by atoms with E-state index in [0.29, 0.717) is 16.7 Å². The largest absolute Gasteiger partial charge is 0.396 e. The summed E-state index contributed by atoms with van der Waals surface area (Å²) in [6, 6.07) is 1.99. The number of ether oxygens (including phenoxy) is 1. The van der Waals surface area contributed by atoms with Crippen molar-refractivity contribution in [1.29, 1.82) is 0 Å². The molecule has 1 saturated carbocycles. The van der Waals surface area contributed by atoms with Gasteiger partial charge in [-0.3, -0.25) is 0 Å². The molecule has 1 aromatic rings. The molecule has 122 valence electrons. The van der Waals surface area contributed by atoms with Crippen LogP contribution in [0.15, 0.2) is 6.07 Å². The third-order valence-corrected chi connectivity index (χ3v) is 5.42. The van der Waals surface area contributed by atoms with Gasteiger partial charge in [-0.1, -0.05) is 11.6 Å². The van der Waals surface area contributed by atoms with Crippen molar-refractivity contribution in [3.63, 3.8) is 0 Å². The molecule has 1 spiro atoms. The van der Waals surface area contributed by atoms with E-state index in [0.717, 1.165) is 44.5 Å². The molecule has 1 saturated heterocycles. The van der Waals surface area contributed by atoms with Gasteiger partial charge >= 0.3 is 0 Å². The van der Waals surface area contributed by atoms with Crippen LogP contribution in [0.2, 0.25) is 10.4 Å². The number of rotatable bonds is 4. The second-order valence-electron chi connectivity index (χ2n) is 6.40. The summed E-state index contributed by atoms with van der Waals surface area (Å²) in [6.07, 6.45) is 5.50. The van der Waals surface area contributed by atoms with E-state index in [1.165, 1.54) is 0 Å². The van der Waals surface area contributed by atoms with Crippen LogP contribution in [-0.4, -0.2) is 47.5 Å². The maximum absolute atomic E-state index is 9.42. The van der Waals surface area contributed by atoms with Crippen molar-refractivity contribution in [2.24, 2.45) is 5.41 Å². The highest BCUT2D eigenvalue weighted by Crippen LogP contribution is 2.52. The van der Waals surface area contributed by atoms with Gasteiger partial charge < -0.3 is 14.7 Å². The summed E-state index contributed by atoms with van der Waals surface area (Å²) < 4.78 is 5.43. The molecule has 0 bridgehead atoms. The van der Waals surface area contributed by atoms with E-state index in [9.17, 15) is 5.11 Å². The van der Waals surface area contributed by atoms with Gasteiger partial charge in [-0.15, -0.1) is 0 Å². The van der Waals surface area contributed by atoms with Gasteiger partial charge in [0.1, 0.15) is 11.0 Å². The molecule has 1 aliphatic carbocycles. The molecule has 0 amide bonds. The zero-order valence-corrected chi connectivity index (χ0v) is 14.1. The van der Waals surface area contributed by atoms with Crippen LogP contribution in [-0.2, 0) is 4.74 Å². The first-order valence-corrected chi connectivity index (χ1v) is 8.41. The summed E-state index contributed by atoms with van der Waals surface area (Å²) in [5.41, 5.74) is 0.359.